The van der Waals surface area contributed by atoms with E-state index in [-0.39, 0.29) is 0 Å². The van der Waals surface area contributed by atoms with Gasteiger partial charge in [0.1, 0.15) is 0 Å². The van der Waals surface area contributed by atoms with Crippen LogP contribution in [0.25, 0.3) is 0 Å². The topological polar surface area (TPSA) is 21.3 Å². The SMILES string of the molecule is COC1=C/C(=C\Cl)NS1. The van der Waals surface area contributed by atoms with Crippen molar-refractivity contribution in [3.05, 3.63) is 22.4 Å². The number of nitrogens with one attached hydrogen (secondary N) is 1. The lowest BCUT2D eigenvalue weighted by Gasteiger charge is -1.93. The van der Waals surface area contributed by atoms with E-state index in [4.69, 9.17) is 16.3 Å². The quantitative estimate of drug-likeness (QED) is 0.596. The lowest BCUT2D eigenvalue weighted by Crippen LogP contribution is -1.91. The summed E-state index contributed by atoms with van der Waals surface area (Å²) in [4.78, 5) is 0. The largest absolute Gasteiger partial charge is 0.489 e. The Morgan fingerprint density at radius 1 is 1.89 bits per heavy atom. The van der Waals surface area contributed by atoms with E-state index in [0.717, 1.165) is 10.8 Å². The summed E-state index contributed by atoms with van der Waals surface area (Å²) in [6.45, 7) is 0. The van der Waals surface area contributed by atoms with E-state index >= 15 is 0 Å². The van der Waals surface area contributed by atoms with Crippen molar-refractivity contribution in [2.75, 3.05) is 7.11 Å². The molecule has 1 heterocycles. The Bertz CT molecular complexity index is 166. The molecule has 1 rings (SSSR count). The molecule has 0 saturated heterocycles. The Kier molecular flexibility index (Phi) is 2.30. The highest BCUT2D eigenvalue weighted by Gasteiger charge is 2.07. The molecule has 0 aliphatic carbocycles. The number of hydrogen-bond acceptors (Lipinski definition) is 3. The Balaban J connectivity index is 2.61. The highest BCUT2D eigenvalue weighted by atomic mass is 35.5. The minimum absolute atomic E-state index is 0.835. The monoisotopic (exact) mass is 163 g/mol. The van der Waals surface area contributed by atoms with E-state index in [2.05, 4.69) is 4.72 Å². The third-order valence-electron chi connectivity index (χ3n) is 0.862. The molecule has 9 heavy (non-hydrogen) atoms. The molecule has 0 fully saturated rings. The van der Waals surface area contributed by atoms with Crippen molar-refractivity contribution < 1.29 is 4.74 Å². The molecule has 0 spiro atoms. The molecule has 0 aromatic carbocycles. The first-order chi connectivity index (χ1) is 4.36. The lowest BCUT2D eigenvalue weighted by molar-refractivity contribution is 0.325. The molecule has 0 radical (unpaired) electrons. The van der Waals surface area contributed by atoms with Gasteiger partial charge in [-0.25, -0.2) is 0 Å². The van der Waals surface area contributed by atoms with Gasteiger partial charge in [0, 0.05) is 23.6 Å². The highest BCUT2D eigenvalue weighted by Crippen LogP contribution is 2.23. The highest BCUT2D eigenvalue weighted by molar-refractivity contribution is 8.01. The molecule has 0 amide bonds. The second kappa shape index (κ2) is 3.03. The number of rotatable bonds is 1. The molecule has 0 aromatic rings. The third kappa shape index (κ3) is 1.56. The van der Waals surface area contributed by atoms with Gasteiger partial charge in [0.2, 0.25) is 0 Å². The molecule has 1 aliphatic rings. The van der Waals surface area contributed by atoms with E-state index < -0.39 is 0 Å². The standard InChI is InChI=1S/C5H6ClNOS/c1-8-5-2-4(3-6)7-9-5/h2-3,7H,1H3/b4-3+. The molecular weight excluding hydrogens is 158 g/mol. The summed E-state index contributed by atoms with van der Waals surface area (Å²) in [5.74, 6) is 0. The molecular formula is C5H6ClNOS. The summed E-state index contributed by atoms with van der Waals surface area (Å²) >= 11 is 6.80. The van der Waals surface area contributed by atoms with Crippen LogP contribution in [0.5, 0.6) is 0 Å². The first-order valence-electron chi connectivity index (χ1n) is 2.35. The predicted molar refractivity (Wildman–Crippen MR) is 39.8 cm³/mol. The molecule has 0 saturated carbocycles. The van der Waals surface area contributed by atoms with Crippen LogP contribution >= 0.6 is 23.5 Å². The molecule has 0 unspecified atom stereocenters. The maximum absolute atomic E-state index is 5.39. The van der Waals surface area contributed by atoms with E-state index in [9.17, 15) is 0 Å². The van der Waals surface area contributed by atoms with Crippen LogP contribution in [0.15, 0.2) is 22.4 Å². The summed E-state index contributed by atoms with van der Waals surface area (Å²) in [5, 5.41) is 0.835. The zero-order valence-corrected chi connectivity index (χ0v) is 6.42. The molecule has 0 bridgehead atoms. The van der Waals surface area contributed by atoms with Crippen LogP contribution in [0.3, 0.4) is 0 Å². The second-order valence-corrected chi connectivity index (χ2v) is 2.46. The first kappa shape index (κ1) is 6.83. The Morgan fingerprint density at radius 2 is 2.67 bits per heavy atom. The van der Waals surface area contributed by atoms with Gasteiger partial charge in [-0.1, -0.05) is 11.6 Å². The van der Waals surface area contributed by atoms with Gasteiger partial charge in [0.25, 0.3) is 0 Å². The first-order valence-corrected chi connectivity index (χ1v) is 3.61. The lowest BCUT2D eigenvalue weighted by atomic mass is 10.5. The van der Waals surface area contributed by atoms with Crippen LogP contribution in [0, 0.1) is 0 Å². The number of methoxy groups -OCH3 is 1. The number of halogens is 1. The molecule has 4 heteroatoms. The minimum atomic E-state index is 0.835. The number of allylic oxidation sites excluding steroid dienone is 1. The zero-order chi connectivity index (χ0) is 6.69. The van der Waals surface area contributed by atoms with Crippen molar-refractivity contribution in [3.8, 4) is 0 Å². The molecule has 0 atom stereocenters. The fraction of sp³-hybridized carbons (Fsp3) is 0.200. The van der Waals surface area contributed by atoms with Crippen LogP contribution in [0.2, 0.25) is 0 Å². The smallest absolute Gasteiger partial charge is 0.175 e. The van der Waals surface area contributed by atoms with Gasteiger partial charge in [-0.05, 0) is 0 Å². The van der Waals surface area contributed by atoms with Crippen LogP contribution in [0.4, 0.5) is 0 Å². The van der Waals surface area contributed by atoms with Crippen molar-refractivity contribution in [1.29, 1.82) is 0 Å². The minimum Gasteiger partial charge on any atom is -0.489 e. The van der Waals surface area contributed by atoms with Crippen LogP contribution in [-0.4, -0.2) is 7.11 Å². The molecule has 0 aromatic heterocycles. The molecule has 2 nitrogen and oxygen atoms in total. The Morgan fingerprint density at radius 3 is 3.00 bits per heavy atom. The maximum atomic E-state index is 5.39. The van der Waals surface area contributed by atoms with Gasteiger partial charge >= 0.3 is 0 Å². The third-order valence-corrected chi connectivity index (χ3v) is 1.92. The summed E-state index contributed by atoms with van der Waals surface area (Å²) in [5.41, 5.74) is 2.34. The van der Waals surface area contributed by atoms with E-state index in [1.165, 1.54) is 17.5 Å². The average molecular weight is 164 g/mol. The maximum Gasteiger partial charge on any atom is 0.175 e. The Hall–Kier alpha value is -0.280. The van der Waals surface area contributed by atoms with Crippen molar-refractivity contribution >= 4 is 23.5 Å². The van der Waals surface area contributed by atoms with E-state index in [1.54, 1.807) is 7.11 Å². The average Bonchev–Trinajstić information content (AvgIpc) is 2.34. The van der Waals surface area contributed by atoms with Crippen LogP contribution in [-0.2, 0) is 4.74 Å². The van der Waals surface area contributed by atoms with Crippen LogP contribution in [0.1, 0.15) is 0 Å². The van der Waals surface area contributed by atoms with E-state index in [0.29, 0.717) is 0 Å². The van der Waals surface area contributed by atoms with Crippen molar-refractivity contribution in [2.24, 2.45) is 0 Å². The fourth-order valence-corrected chi connectivity index (χ4v) is 1.24. The molecule has 1 N–H and O–H groups in total. The molecule has 50 valence electrons. The van der Waals surface area contributed by atoms with Gasteiger partial charge in [0.05, 0.1) is 12.8 Å². The van der Waals surface area contributed by atoms with Gasteiger partial charge in [-0.15, -0.1) is 0 Å². The summed E-state index contributed by atoms with van der Waals surface area (Å²) in [6, 6.07) is 0. The van der Waals surface area contributed by atoms with Gasteiger partial charge in [-0.3, -0.25) is 0 Å². The number of ether oxygens (including phenoxy) is 1. The van der Waals surface area contributed by atoms with Gasteiger partial charge < -0.3 is 9.46 Å². The normalized spacial score (nSPS) is 21.6. The predicted octanol–water partition coefficient (Wildman–Crippen LogP) is 1.81. The fourth-order valence-electron chi connectivity index (χ4n) is 0.449. The van der Waals surface area contributed by atoms with E-state index in [1.807, 2.05) is 6.08 Å². The van der Waals surface area contributed by atoms with Crippen molar-refractivity contribution in [3.63, 3.8) is 0 Å². The second-order valence-electron chi connectivity index (χ2n) is 1.44. The van der Waals surface area contributed by atoms with Crippen molar-refractivity contribution in [1.82, 2.24) is 4.72 Å². The van der Waals surface area contributed by atoms with Crippen molar-refractivity contribution in [2.45, 2.75) is 0 Å². The summed E-state index contributed by atoms with van der Waals surface area (Å²) in [6.07, 6.45) is 1.83. The zero-order valence-electron chi connectivity index (χ0n) is 4.85. The van der Waals surface area contributed by atoms with Gasteiger partial charge in [-0.2, -0.15) is 0 Å². The Labute approximate surface area is 63.0 Å². The summed E-state index contributed by atoms with van der Waals surface area (Å²) < 4.78 is 7.84. The summed E-state index contributed by atoms with van der Waals surface area (Å²) in [7, 11) is 1.62. The van der Waals surface area contributed by atoms with Gasteiger partial charge in [0.15, 0.2) is 5.09 Å². The number of hydrogen-bond donors (Lipinski definition) is 1. The molecule has 1 aliphatic heterocycles. The van der Waals surface area contributed by atoms with Crippen LogP contribution < -0.4 is 4.72 Å².